The maximum atomic E-state index is 3.64. The van der Waals surface area contributed by atoms with Crippen LogP contribution in [0.4, 0.5) is 0 Å². The highest BCUT2D eigenvalue weighted by Crippen LogP contribution is 2.32. The maximum Gasteiger partial charge on any atom is 0.0561 e. The lowest BCUT2D eigenvalue weighted by molar-refractivity contribution is 0.0468. The molecule has 1 N–H and O–H groups in total. The van der Waals surface area contributed by atoms with Gasteiger partial charge in [0.25, 0.3) is 0 Å². The summed E-state index contributed by atoms with van der Waals surface area (Å²) >= 11 is 1.85. The van der Waals surface area contributed by atoms with Gasteiger partial charge in [0.2, 0.25) is 0 Å². The molecule has 0 spiro atoms. The molecule has 0 radical (unpaired) electrons. The number of hydrogen-bond acceptors (Lipinski definition) is 3. The average Bonchev–Trinajstić information content (AvgIpc) is 2.97. The molecule has 0 saturated carbocycles. The van der Waals surface area contributed by atoms with Crippen molar-refractivity contribution in [2.24, 2.45) is 0 Å². The second kappa shape index (κ2) is 5.68. The molecule has 2 aromatic rings. The van der Waals surface area contributed by atoms with E-state index in [4.69, 9.17) is 0 Å². The smallest absolute Gasteiger partial charge is 0.0561 e. The van der Waals surface area contributed by atoms with Gasteiger partial charge in [0.05, 0.1) is 5.54 Å². The first-order valence-electron chi connectivity index (χ1n) is 7.25. The summed E-state index contributed by atoms with van der Waals surface area (Å²) < 4.78 is 0. The second-order valence-electron chi connectivity index (χ2n) is 5.88. The van der Waals surface area contributed by atoms with Crippen molar-refractivity contribution >= 4 is 11.3 Å². The van der Waals surface area contributed by atoms with Crippen LogP contribution < -0.4 is 5.32 Å². The van der Waals surface area contributed by atoms with Crippen LogP contribution in [0.3, 0.4) is 0 Å². The van der Waals surface area contributed by atoms with Gasteiger partial charge in [-0.25, -0.2) is 0 Å². The topological polar surface area (TPSA) is 15.3 Å². The Balaban J connectivity index is 1.90. The van der Waals surface area contributed by atoms with Crippen LogP contribution in [0, 0.1) is 0 Å². The fourth-order valence-corrected chi connectivity index (χ4v) is 3.71. The number of nitrogens with one attached hydrogen (secondary N) is 1. The highest BCUT2D eigenvalue weighted by atomic mass is 32.1. The van der Waals surface area contributed by atoms with Crippen molar-refractivity contribution in [3.63, 3.8) is 0 Å². The minimum atomic E-state index is 0.0672. The summed E-state index contributed by atoms with van der Waals surface area (Å²) in [6.45, 7) is 7.75. The molecule has 3 heteroatoms. The lowest BCUT2D eigenvalue weighted by atomic mass is 9.87. The van der Waals surface area contributed by atoms with Crippen molar-refractivity contribution in [2.45, 2.75) is 32.0 Å². The first-order valence-corrected chi connectivity index (χ1v) is 8.13. The summed E-state index contributed by atoms with van der Waals surface area (Å²) in [6, 6.07) is 15.8. The molecule has 2 nitrogen and oxygen atoms in total. The lowest BCUT2D eigenvalue weighted by Crippen LogP contribution is -2.60. The Morgan fingerprint density at radius 2 is 2.05 bits per heavy atom. The Kier molecular flexibility index (Phi) is 3.92. The van der Waals surface area contributed by atoms with Crippen LogP contribution in [0.25, 0.3) is 0 Å². The van der Waals surface area contributed by atoms with Gasteiger partial charge in [-0.3, -0.25) is 4.90 Å². The van der Waals surface area contributed by atoms with Crippen LogP contribution in [0.1, 0.15) is 24.3 Å². The van der Waals surface area contributed by atoms with Gasteiger partial charge >= 0.3 is 0 Å². The SMILES string of the molecule is CC1CN(Cc2cccs2)C(C)(c2ccccc2)CN1. The number of piperazine rings is 1. The highest BCUT2D eigenvalue weighted by molar-refractivity contribution is 7.09. The molecule has 1 fully saturated rings. The zero-order chi connectivity index (χ0) is 14.0. The molecule has 1 saturated heterocycles. The second-order valence-corrected chi connectivity index (χ2v) is 6.91. The third-order valence-corrected chi connectivity index (χ3v) is 5.17. The van der Waals surface area contributed by atoms with E-state index >= 15 is 0 Å². The van der Waals surface area contributed by atoms with Crippen LogP contribution >= 0.6 is 11.3 Å². The van der Waals surface area contributed by atoms with Gasteiger partial charge in [-0.05, 0) is 30.9 Å². The van der Waals surface area contributed by atoms with Gasteiger partial charge in [0.1, 0.15) is 0 Å². The Bertz CT molecular complexity index is 537. The van der Waals surface area contributed by atoms with Gasteiger partial charge in [-0.1, -0.05) is 36.4 Å². The molecule has 1 aromatic carbocycles. The van der Waals surface area contributed by atoms with E-state index in [2.05, 4.69) is 71.9 Å². The van der Waals surface area contributed by atoms with Crippen LogP contribution in [0.15, 0.2) is 47.8 Å². The van der Waals surface area contributed by atoms with Crippen molar-refractivity contribution in [2.75, 3.05) is 13.1 Å². The predicted octanol–water partition coefficient (Wildman–Crippen LogP) is 3.46. The van der Waals surface area contributed by atoms with Crippen LogP contribution in [-0.2, 0) is 12.1 Å². The molecule has 20 heavy (non-hydrogen) atoms. The van der Waals surface area contributed by atoms with Crippen molar-refractivity contribution in [3.8, 4) is 0 Å². The van der Waals surface area contributed by atoms with Crippen LogP contribution in [0.5, 0.6) is 0 Å². The van der Waals surface area contributed by atoms with Crippen LogP contribution in [-0.4, -0.2) is 24.0 Å². The van der Waals surface area contributed by atoms with Crippen molar-refractivity contribution < 1.29 is 0 Å². The minimum Gasteiger partial charge on any atom is -0.311 e. The third-order valence-electron chi connectivity index (χ3n) is 4.31. The molecule has 106 valence electrons. The van der Waals surface area contributed by atoms with E-state index in [1.807, 2.05) is 11.3 Å². The number of hydrogen-bond donors (Lipinski definition) is 1. The number of rotatable bonds is 3. The predicted molar refractivity (Wildman–Crippen MR) is 86.0 cm³/mol. The number of benzene rings is 1. The summed E-state index contributed by atoms with van der Waals surface area (Å²) in [5, 5.41) is 5.81. The average molecular weight is 286 g/mol. The maximum absolute atomic E-state index is 3.64. The highest BCUT2D eigenvalue weighted by Gasteiger charge is 2.37. The first kappa shape index (κ1) is 13.8. The normalized spacial score (nSPS) is 27.6. The Hall–Kier alpha value is -1.16. The van der Waals surface area contributed by atoms with Gasteiger partial charge in [-0.15, -0.1) is 11.3 Å². The Morgan fingerprint density at radius 3 is 2.75 bits per heavy atom. The van der Waals surface area contributed by atoms with Crippen molar-refractivity contribution in [3.05, 3.63) is 58.3 Å². The molecule has 0 aliphatic carbocycles. The molecular formula is C17H22N2S. The molecule has 1 aliphatic rings. The summed E-state index contributed by atoms with van der Waals surface area (Å²) in [7, 11) is 0. The zero-order valence-corrected chi connectivity index (χ0v) is 13.0. The van der Waals surface area contributed by atoms with E-state index in [0.717, 1.165) is 19.6 Å². The number of thiophene rings is 1. The molecule has 1 aliphatic heterocycles. The molecule has 3 rings (SSSR count). The lowest BCUT2D eigenvalue weighted by Gasteiger charge is -2.47. The van der Waals surface area contributed by atoms with Crippen molar-refractivity contribution in [1.29, 1.82) is 0 Å². The van der Waals surface area contributed by atoms with Gasteiger partial charge in [0.15, 0.2) is 0 Å². The number of nitrogens with zero attached hydrogens (tertiary/aromatic N) is 1. The molecule has 2 unspecified atom stereocenters. The van der Waals surface area contributed by atoms with E-state index in [1.165, 1.54) is 10.4 Å². The van der Waals surface area contributed by atoms with E-state index in [1.54, 1.807) is 0 Å². The van der Waals surface area contributed by atoms with E-state index < -0.39 is 0 Å². The molecule has 0 amide bonds. The molecule has 0 bridgehead atoms. The van der Waals surface area contributed by atoms with Gasteiger partial charge < -0.3 is 5.32 Å². The zero-order valence-electron chi connectivity index (χ0n) is 12.2. The molecular weight excluding hydrogens is 264 g/mol. The van der Waals surface area contributed by atoms with Gasteiger partial charge in [0, 0.05) is 30.6 Å². The first-order chi connectivity index (χ1) is 9.68. The largest absolute Gasteiger partial charge is 0.311 e. The molecule has 2 heterocycles. The Morgan fingerprint density at radius 1 is 1.25 bits per heavy atom. The van der Waals surface area contributed by atoms with Crippen molar-refractivity contribution in [1.82, 2.24) is 10.2 Å². The monoisotopic (exact) mass is 286 g/mol. The van der Waals surface area contributed by atoms with Crippen LogP contribution in [0.2, 0.25) is 0 Å². The third kappa shape index (κ3) is 2.66. The summed E-state index contributed by atoms with van der Waals surface area (Å²) in [5.74, 6) is 0. The summed E-state index contributed by atoms with van der Waals surface area (Å²) in [5.41, 5.74) is 1.47. The molecule has 1 aromatic heterocycles. The standard InChI is InChI=1S/C17H22N2S/c1-14-11-19(12-16-9-6-10-20-16)17(2,13-18-14)15-7-4-3-5-8-15/h3-10,14,18H,11-13H2,1-2H3. The summed E-state index contributed by atoms with van der Waals surface area (Å²) in [6.07, 6.45) is 0. The summed E-state index contributed by atoms with van der Waals surface area (Å²) in [4.78, 5) is 4.07. The quantitative estimate of drug-likeness (QED) is 0.929. The molecule has 2 atom stereocenters. The van der Waals surface area contributed by atoms with E-state index in [-0.39, 0.29) is 5.54 Å². The van der Waals surface area contributed by atoms with Gasteiger partial charge in [-0.2, -0.15) is 0 Å². The fraction of sp³-hybridized carbons (Fsp3) is 0.412. The van der Waals surface area contributed by atoms with E-state index in [9.17, 15) is 0 Å². The Labute approximate surface area is 125 Å². The van der Waals surface area contributed by atoms with E-state index in [0.29, 0.717) is 6.04 Å². The fourth-order valence-electron chi connectivity index (χ4n) is 2.99. The minimum absolute atomic E-state index is 0.0672.